The van der Waals surface area contributed by atoms with Gasteiger partial charge in [0.15, 0.2) is 0 Å². The maximum atomic E-state index is 11.0. The molecule has 15 heavy (non-hydrogen) atoms. The SMILES string of the molecule is CCOC(=O)C=Cc1csc(C(C)C)n1. The Hall–Kier alpha value is -1.16. The van der Waals surface area contributed by atoms with Gasteiger partial charge in [-0.05, 0) is 13.0 Å². The molecule has 1 aromatic heterocycles. The third-order valence-electron chi connectivity index (χ3n) is 1.71. The summed E-state index contributed by atoms with van der Waals surface area (Å²) in [4.78, 5) is 15.4. The minimum Gasteiger partial charge on any atom is -0.463 e. The summed E-state index contributed by atoms with van der Waals surface area (Å²) in [7, 11) is 0. The molecule has 0 atom stereocenters. The molecular weight excluding hydrogens is 210 g/mol. The van der Waals surface area contributed by atoms with Gasteiger partial charge in [0.25, 0.3) is 0 Å². The van der Waals surface area contributed by atoms with E-state index in [-0.39, 0.29) is 5.97 Å². The summed E-state index contributed by atoms with van der Waals surface area (Å²) in [5.41, 5.74) is 0.816. The molecule has 0 aromatic carbocycles. The van der Waals surface area contributed by atoms with Crippen molar-refractivity contribution in [1.82, 2.24) is 4.98 Å². The second-order valence-corrected chi connectivity index (χ2v) is 4.24. The molecule has 4 heteroatoms. The van der Waals surface area contributed by atoms with Gasteiger partial charge >= 0.3 is 5.97 Å². The number of hydrogen-bond acceptors (Lipinski definition) is 4. The highest BCUT2D eigenvalue weighted by Gasteiger charge is 2.03. The van der Waals surface area contributed by atoms with Crippen LogP contribution in [0.2, 0.25) is 0 Å². The Morgan fingerprint density at radius 1 is 1.67 bits per heavy atom. The normalized spacial score (nSPS) is 11.2. The summed E-state index contributed by atoms with van der Waals surface area (Å²) in [6.07, 6.45) is 3.09. The van der Waals surface area contributed by atoms with Crippen molar-refractivity contribution in [2.45, 2.75) is 26.7 Å². The molecule has 0 aliphatic heterocycles. The Labute approximate surface area is 93.8 Å². The molecule has 82 valence electrons. The van der Waals surface area contributed by atoms with E-state index in [4.69, 9.17) is 4.74 Å². The van der Waals surface area contributed by atoms with Gasteiger partial charge in [0.1, 0.15) is 0 Å². The number of esters is 1. The lowest BCUT2D eigenvalue weighted by atomic mass is 10.2. The number of rotatable bonds is 4. The topological polar surface area (TPSA) is 39.2 Å². The monoisotopic (exact) mass is 225 g/mol. The van der Waals surface area contributed by atoms with Gasteiger partial charge in [0, 0.05) is 17.4 Å². The number of ether oxygens (including phenoxy) is 1. The first-order valence-corrected chi connectivity index (χ1v) is 5.81. The van der Waals surface area contributed by atoms with Gasteiger partial charge in [-0.3, -0.25) is 0 Å². The van der Waals surface area contributed by atoms with Crippen molar-refractivity contribution in [3.8, 4) is 0 Å². The molecule has 1 aromatic rings. The fraction of sp³-hybridized carbons (Fsp3) is 0.455. The molecular formula is C11H15NO2S. The molecule has 0 aliphatic carbocycles. The van der Waals surface area contributed by atoms with E-state index in [2.05, 4.69) is 18.8 Å². The van der Waals surface area contributed by atoms with Crippen LogP contribution in [0.15, 0.2) is 11.5 Å². The first kappa shape index (κ1) is 11.9. The smallest absolute Gasteiger partial charge is 0.330 e. The zero-order chi connectivity index (χ0) is 11.3. The quantitative estimate of drug-likeness (QED) is 0.584. The zero-order valence-electron chi connectivity index (χ0n) is 9.19. The molecule has 0 amide bonds. The van der Waals surface area contributed by atoms with E-state index in [0.717, 1.165) is 10.7 Å². The molecule has 0 spiro atoms. The Morgan fingerprint density at radius 2 is 2.40 bits per heavy atom. The van der Waals surface area contributed by atoms with Gasteiger partial charge in [0.05, 0.1) is 17.3 Å². The Balaban J connectivity index is 2.60. The predicted octanol–water partition coefficient (Wildman–Crippen LogP) is 2.84. The third-order valence-corrected chi connectivity index (χ3v) is 2.87. The molecule has 0 N–H and O–H groups in total. The third kappa shape index (κ3) is 3.83. The molecule has 3 nitrogen and oxygen atoms in total. The molecule has 0 bridgehead atoms. The largest absolute Gasteiger partial charge is 0.463 e. The van der Waals surface area contributed by atoms with E-state index in [9.17, 15) is 4.79 Å². The highest BCUT2D eigenvalue weighted by atomic mass is 32.1. The Morgan fingerprint density at radius 3 is 2.93 bits per heavy atom. The van der Waals surface area contributed by atoms with Crippen molar-refractivity contribution >= 4 is 23.4 Å². The van der Waals surface area contributed by atoms with Crippen molar-refractivity contribution in [3.63, 3.8) is 0 Å². The lowest BCUT2D eigenvalue weighted by Gasteiger charge is -1.95. The molecule has 0 aliphatic rings. The average molecular weight is 225 g/mol. The first-order valence-electron chi connectivity index (χ1n) is 4.93. The van der Waals surface area contributed by atoms with Crippen molar-refractivity contribution in [3.05, 3.63) is 22.2 Å². The van der Waals surface area contributed by atoms with Crippen molar-refractivity contribution in [2.24, 2.45) is 0 Å². The molecule has 0 radical (unpaired) electrons. The molecule has 1 heterocycles. The van der Waals surface area contributed by atoms with E-state index in [1.54, 1.807) is 24.3 Å². The minimum absolute atomic E-state index is 0.323. The lowest BCUT2D eigenvalue weighted by molar-refractivity contribution is -0.137. The molecule has 0 saturated heterocycles. The van der Waals surface area contributed by atoms with Crippen LogP contribution in [0.3, 0.4) is 0 Å². The number of hydrogen-bond donors (Lipinski definition) is 0. The maximum Gasteiger partial charge on any atom is 0.330 e. The van der Waals surface area contributed by atoms with Crippen LogP contribution in [0.5, 0.6) is 0 Å². The summed E-state index contributed by atoms with van der Waals surface area (Å²) in [5, 5.41) is 3.02. The Bertz CT molecular complexity index is 355. The van der Waals surface area contributed by atoms with E-state index in [0.29, 0.717) is 12.5 Å². The highest BCUT2D eigenvalue weighted by molar-refractivity contribution is 7.09. The number of nitrogens with zero attached hydrogens (tertiary/aromatic N) is 1. The van der Waals surface area contributed by atoms with Crippen LogP contribution in [-0.2, 0) is 9.53 Å². The summed E-state index contributed by atoms with van der Waals surface area (Å²) in [6.45, 7) is 6.37. The summed E-state index contributed by atoms with van der Waals surface area (Å²) >= 11 is 1.61. The molecule has 0 unspecified atom stereocenters. The second-order valence-electron chi connectivity index (χ2n) is 3.35. The van der Waals surface area contributed by atoms with Gasteiger partial charge in [-0.25, -0.2) is 9.78 Å². The molecule has 0 fully saturated rings. The van der Waals surface area contributed by atoms with Gasteiger partial charge in [-0.1, -0.05) is 13.8 Å². The van der Waals surface area contributed by atoms with Crippen molar-refractivity contribution in [1.29, 1.82) is 0 Å². The van der Waals surface area contributed by atoms with Gasteiger partial charge in [-0.15, -0.1) is 11.3 Å². The van der Waals surface area contributed by atoms with Gasteiger partial charge in [0.2, 0.25) is 0 Å². The fourth-order valence-electron chi connectivity index (χ4n) is 0.986. The van der Waals surface area contributed by atoms with Crippen LogP contribution in [0.1, 0.15) is 37.4 Å². The lowest BCUT2D eigenvalue weighted by Crippen LogP contribution is -1.98. The standard InChI is InChI=1S/C11H15NO2S/c1-4-14-10(13)6-5-9-7-15-11(12-9)8(2)3/h5-8H,4H2,1-3H3. The van der Waals surface area contributed by atoms with Crippen LogP contribution in [0.4, 0.5) is 0 Å². The van der Waals surface area contributed by atoms with E-state index < -0.39 is 0 Å². The fourth-order valence-corrected chi connectivity index (χ4v) is 1.79. The van der Waals surface area contributed by atoms with Crippen LogP contribution < -0.4 is 0 Å². The number of thiazole rings is 1. The van der Waals surface area contributed by atoms with Gasteiger partial charge < -0.3 is 4.74 Å². The van der Waals surface area contributed by atoms with E-state index in [1.165, 1.54) is 6.08 Å². The van der Waals surface area contributed by atoms with Crippen molar-refractivity contribution in [2.75, 3.05) is 6.61 Å². The maximum absolute atomic E-state index is 11.0. The summed E-state index contributed by atoms with van der Waals surface area (Å²) in [5.74, 6) is 0.108. The minimum atomic E-state index is -0.323. The van der Waals surface area contributed by atoms with Crippen LogP contribution >= 0.6 is 11.3 Å². The predicted molar refractivity (Wildman–Crippen MR) is 61.9 cm³/mol. The average Bonchev–Trinajstić information content (AvgIpc) is 2.63. The van der Waals surface area contributed by atoms with Gasteiger partial charge in [-0.2, -0.15) is 0 Å². The van der Waals surface area contributed by atoms with Crippen LogP contribution in [0, 0.1) is 0 Å². The first-order chi connectivity index (χ1) is 7.13. The Kier molecular flexibility index (Phi) is 4.49. The van der Waals surface area contributed by atoms with E-state index in [1.807, 2.05) is 5.38 Å². The van der Waals surface area contributed by atoms with E-state index >= 15 is 0 Å². The summed E-state index contributed by atoms with van der Waals surface area (Å²) < 4.78 is 4.77. The van der Waals surface area contributed by atoms with Crippen molar-refractivity contribution < 1.29 is 9.53 Å². The van der Waals surface area contributed by atoms with Crippen LogP contribution in [-0.4, -0.2) is 17.6 Å². The number of carbonyl (C=O) groups excluding carboxylic acids is 1. The zero-order valence-corrected chi connectivity index (χ0v) is 10.0. The number of carbonyl (C=O) groups is 1. The summed E-state index contributed by atoms with van der Waals surface area (Å²) in [6, 6.07) is 0. The molecule has 1 rings (SSSR count). The molecule has 0 saturated carbocycles. The van der Waals surface area contributed by atoms with Crippen LogP contribution in [0.25, 0.3) is 6.08 Å². The second kappa shape index (κ2) is 5.66. The highest BCUT2D eigenvalue weighted by Crippen LogP contribution is 2.19. The number of aromatic nitrogens is 1.